The Morgan fingerprint density at radius 2 is 1.78 bits per heavy atom. The van der Waals surface area contributed by atoms with Crippen LogP contribution < -0.4 is 0 Å². The van der Waals surface area contributed by atoms with Gasteiger partial charge in [0, 0.05) is 0 Å². The molecule has 0 radical (unpaired) electrons. The molecule has 0 saturated heterocycles. The molecule has 0 aromatic heterocycles. The van der Waals surface area contributed by atoms with Crippen molar-refractivity contribution in [3.63, 3.8) is 0 Å². The van der Waals surface area contributed by atoms with Crippen LogP contribution >= 0.6 is 0 Å². The molecule has 1 unspecified atom stereocenters. The van der Waals surface area contributed by atoms with Gasteiger partial charge in [0.05, 0.1) is 0 Å². The number of allylic oxidation sites excluding steroid dienone is 4. The molecule has 1 rings (SSSR count). The fourth-order valence-electron chi connectivity index (χ4n) is 1.28. The van der Waals surface area contributed by atoms with E-state index in [1.54, 1.807) is 0 Å². The quantitative estimate of drug-likeness (QED) is 0.463. The molecule has 50 valence electrons. The van der Waals surface area contributed by atoms with Crippen molar-refractivity contribution in [3.05, 3.63) is 22.8 Å². The zero-order valence-corrected chi connectivity index (χ0v) is 6.65. The average molecular weight is 122 g/mol. The van der Waals surface area contributed by atoms with Crippen molar-refractivity contribution in [2.75, 3.05) is 0 Å². The van der Waals surface area contributed by atoms with Crippen molar-refractivity contribution in [1.29, 1.82) is 0 Å². The summed E-state index contributed by atoms with van der Waals surface area (Å²) in [5.74, 6) is 0.685. The summed E-state index contributed by atoms with van der Waals surface area (Å²) in [6.45, 7) is 8.84. The molecule has 0 spiro atoms. The van der Waals surface area contributed by atoms with Crippen molar-refractivity contribution in [1.82, 2.24) is 0 Å². The summed E-state index contributed by atoms with van der Waals surface area (Å²) in [5, 5.41) is 0. The first-order valence-electron chi connectivity index (χ1n) is 3.49. The molecule has 0 saturated carbocycles. The van der Waals surface area contributed by atoms with E-state index in [-0.39, 0.29) is 0 Å². The maximum atomic E-state index is 2.32. The Bertz CT molecular complexity index is 182. The predicted molar refractivity (Wildman–Crippen MR) is 41.3 cm³/mol. The van der Waals surface area contributed by atoms with E-state index in [1.165, 1.54) is 16.7 Å². The van der Waals surface area contributed by atoms with Crippen LogP contribution in [-0.2, 0) is 0 Å². The second-order valence-corrected chi connectivity index (χ2v) is 2.95. The highest BCUT2D eigenvalue weighted by Crippen LogP contribution is 2.29. The van der Waals surface area contributed by atoms with Crippen LogP contribution in [0, 0.1) is 5.92 Å². The Kier molecular flexibility index (Phi) is 1.48. The van der Waals surface area contributed by atoms with E-state index < -0.39 is 0 Å². The summed E-state index contributed by atoms with van der Waals surface area (Å²) >= 11 is 0. The zero-order valence-electron chi connectivity index (χ0n) is 6.65. The summed E-state index contributed by atoms with van der Waals surface area (Å²) in [5.41, 5.74) is 4.48. The number of hydrogen-bond donors (Lipinski definition) is 0. The first kappa shape index (κ1) is 6.60. The summed E-state index contributed by atoms with van der Waals surface area (Å²) in [6.07, 6.45) is 2.32. The van der Waals surface area contributed by atoms with Crippen molar-refractivity contribution < 1.29 is 0 Å². The third-order valence-corrected chi connectivity index (χ3v) is 2.37. The van der Waals surface area contributed by atoms with Gasteiger partial charge in [0.1, 0.15) is 0 Å². The fraction of sp³-hybridized carbons (Fsp3) is 0.556. The van der Waals surface area contributed by atoms with Gasteiger partial charge in [0.2, 0.25) is 0 Å². The van der Waals surface area contributed by atoms with E-state index in [1.807, 2.05) is 0 Å². The highest BCUT2D eigenvalue weighted by Gasteiger charge is 2.12. The second-order valence-electron chi connectivity index (χ2n) is 2.95. The monoisotopic (exact) mass is 122 g/mol. The van der Waals surface area contributed by atoms with Crippen LogP contribution in [0.25, 0.3) is 0 Å². The predicted octanol–water partition coefficient (Wildman–Crippen LogP) is 2.92. The van der Waals surface area contributed by atoms with Crippen molar-refractivity contribution >= 4 is 0 Å². The highest BCUT2D eigenvalue weighted by molar-refractivity contribution is 5.40. The van der Waals surface area contributed by atoms with Crippen LogP contribution in [0.2, 0.25) is 0 Å². The minimum Gasteiger partial charge on any atom is -0.0744 e. The lowest BCUT2D eigenvalue weighted by Gasteiger charge is -2.00. The molecule has 0 N–H and O–H groups in total. The van der Waals surface area contributed by atoms with Gasteiger partial charge in [-0.1, -0.05) is 24.1 Å². The number of hydrogen-bond acceptors (Lipinski definition) is 0. The largest absolute Gasteiger partial charge is 0.0744 e. The zero-order chi connectivity index (χ0) is 7.02. The van der Waals surface area contributed by atoms with E-state index in [2.05, 4.69) is 33.8 Å². The van der Waals surface area contributed by atoms with E-state index >= 15 is 0 Å². The summed E-state index contributed by atoms with van der Waals surface area (Å²) in [6, 6.07) is 0. The minimum absolute atomic E-state index is 0.685. The van der Waals surface area contributed by atoms with Gasteiger partial charge in [-0.25, -0.2) is 0 Å². The highest BCUT2D eigenvalue weighted by atomic mass is 14.2. The third kappa shape index (κ3) is 0.937. The van der Waals surface area contributed by atoms with Crippen LogP contribution in [0.4, 0.5) is 0 Å². The molecule has 0 aromatic rings. The van der Waals surface area contributed by atoms with Crippen molar-refractivity contribution in [3.8, 4) is 0 Å². The standard InChI is InChI=1S/C9H14/c1-6-5-7(2)9(4)8(6)3/h5-6H,1-4H3. The van der Waals surface area contributed by atoms with Crippen LogP contribution in [0.5, 0.6) is 0 Å². The lowest BCUT2D eigenvalue weighted by Crippen LogP contribution is -1.85. The normalized spacial score (nSPS) is 27.1. The topological polar surface area (TPSA) is 0 Å². The molecule has 1 aliphatic carbocycles. The first-order valence-corrected chi connectivity index (χ1v) is 3.49. The van der Waals surface area contributed by atoms with Crippen LogP contribution in [0.15, 0.2) is 22.8 Å². The van der Waals surface area contributed by atoms with Crippen molar-refractivity contribution in [2.45, 2.75) is 27.7 Å². The molecular formula is C9H14. The average Bonchev–Trinajstić information content (AvgIpc) is 1.98. The van der Waals surface area contributed by atoms with Crippen LogP contribution in [-0.4, -0.2) is 0 Å². The van der Waals surface area contributed by atoms with Gasteiger partial charge < -0.3 is 0 Å². The Balaban J connectivity index is 2.97. The van der Waals surface area contributed by atoms with Gasteiger partial charge in [0.15, 0.2) is 0 Å². The van der Waals surface area contributed by atoms with Gasteiger partial charge in [-0.05, 0) is 32.3 Å². The molecule has 1 aliphatic rings. The summed E-state index contributed by atoms with van der Waals surface area (Å²) in [7, 11) is 0. The van der Waals surface area contributed by atoms with E-state index in [9.17, 15) is 0 Å². The van der Waals surface area contributed by atoms with Crippen LogP contribution in [0.1, 0.15) is 27.7 Å². The molecule has 0 nitrogen and oxygen atoms in total. The molecule has 0 heterocycles. The summed E-state index contributed by atoms with van der Waals surface area (Å²) in [4.78, 5) is 0. The fourth-order valence-corrected chi connectivity index (χ4v) is 1.28. The smallest absolute Gasteiger partial charge is 0.00428 e. The molecule has 0 fully saturated rings. The van der Waals surface area contributed by atoms with E-state index in [0.29, 0.717) is 5.92 Å². The molecule has 0 aliphatic heterocycles. The Morgan fingerprint density at radius 1 is 1.22 bits per heavy atom. The summed E-state index contributed by atoms with van der Waals surface area (Å²) < 4.78 is 0. The molecular weight excluding hydrogens is 108 g/mol. The van der Waals surface area contributed by atoms with E-state index in [4.69, 9.17) is 0 Å². The molecule has 1 atom stereocenters. The first-order chi connectivity index (χ1) is 4.13. The van der Waals surface area contributed by atoms with Crippen molar-refractivity contribution in [2.24, 2.45) is 5.92 Å². The Hall–Kier alpha value is -0.520. The van der Waals surface area contributed by atoms with Gasteiger partial charge in [-0.15, -0.1) is 0 Å². The molecule has 0 bridgehead atoms. The molecule has 0 aromatic carbocycles. The van der Waals surface area contributed by atoms with Gasteiger partial charge in [-0.3, -0.25) is 0 Å². The third-order valence-electron chi connectivity index (χ3n) is 2.37. The van der Waals surface area contributed by atoms with E-state index in [0.717, 1.165) is 0 Å². The second kappa shape index (κ2) is 2.02. The molecule has 0 amide bonds. The lowest BCUT2D eigenvalue weighted by molar-refractivity contribution is 0.875. The van der Waals surface area contributed by atoms with Gasteiger partial charge >= 0.3 is 0 Å². The number of rotatable bonds is 0. The van der Waals surface area contributed by atoms with Gasteiger partial charge in [0.25, 0.3) is 0 Å². The minimum atomic E-state index is 0.685. The van der Waals surface area contributed by atoms with Crippen LogP contribution in [0.3, 0.4) is 0 Å². The molecule has 0 heteroatoms. The Morgan fingerprint density at radius 3 is 1.89 bits per heavy atom. The lowest BCUT2D eigenvalue weighted by atomic mass is 10.1. The maximum absolute atomic E-state index is 2.32. The maximum Gasteiger partial charge on any atom is -0.00428 e. The molecule has 9 heavy (non-hydrogen) atoms. The van der Waals surface area contributed by atoms with Gasteiger partial charge in [-0.2, -0.15) is 0 Å². The SMILES string of the molecule is CC1=CC(C)C(C)=C1C. The Labute approximate surface area is 57.3 Å².